The molecule has 0 aromatic heterocycles. The molecule has 0 fully saturated rings. The van der Waals surface area contributed by atoms with Gasteiger partial charge in [0.05, 0.1) is 19.3 Å². The largest absolute Gasteiger partial charge is 0.508 e. The van der Waals surface area contributed by atoms with Crippen LogP contribution in [-0.2, 0) is 6.54 Å². The highest BCUT2D eigenvalue weighted by molar-refractivity contribution is 5.88. The molecular formula is C29H31NO3. The van der Waals surface area contributed by atoms with Gasteiger partial charge in [-0.3, -0.25) is 4.90 Å². The third-order valence-electron chi connectivity index (χ3n) is 5.82. The molecule has 0 bridgehead atoms. The Morgan fingerprint density at radius 2 is 1.48 bits per heavy atom. The average Bonchev–Trinajstić information content (AvgIpc) is 2.83. The summed E-state index contributed by atoms with van der Waals surface area (Å²) in [6.45, 7) is 5.79. The smallest absolute Gasteiger partial charge is 0.161 e. The quantitative estimate of drug-likeness (QED) is 0.319. The van der Waals surface area contributed by atoms with Crippen LogP contribution in [0.2, 0.25) is 0 Å². The highest BCUT2D eigenvalue weighted by Crippen LogP contribution is 2.39. The number of phenolic OH excluding ortho intramolecular Hbond substituents is 1. The van der Waals surface area contributed by atoms with Crippen LogP contribution in [0.5, 0.6) is 17.2 Å². The number of aromatic hydroxyl groups is 1. The summed E-state index contributed by atoms with van der Waals surface area (Å²) >= 11 is 0. The van der Waals surface area contributed by atoms with Gasteiger partial charge in [0.1, 0.15) is 5.75 Å². The van der Waals surface area contributed by atoms with Gasteiger partial charge in [-0.25, -0.2) is 0 Å². The molecule has 4 nitrogen and oxygen atoms in total. The molecule has 0 saturated heterocycles. The Balaban J connectivity index is 1.76. The SMILES string of the molecule is CCOc1ccc(CN(C)[C@@H](c2ccccc2)c2c(O)ccc3ccccc23)cc1OCC. The van der Waals surface area contributed by atoms with Crippen LogP contribution in [0, 0.1) is 0 Å². The van der Waals surface area contributed by atoms with Crippen LogP contribution >= 0.6 is 0 Å². The lowest BCUT2D eigenvalue weighted by Crippen LogP contribution is -2.25. The van der Waals surface area contributed by atoms with E-state index in [0.717, 1.165) is 39.0 Å². The first kappa shape index (κ1) is 22.7. The molecule has 0 radical (unpaired) electrons. The molecule has 0 spiro atoms. The van der Waals surface area contributed by atoms with Gasteiger partial charge in [0.15, 0.2) is 11.5 Å². The second kappa shape index (κ2) is 10.4. The molecule has 4 rings (SSSR count). The van der Waals surface area contributed by atoms with Crippen LogP contribution in [0.4, 0.5) is 0 Å². The number of rotatable bonds is 9. The zero-order valence-corrected chi connectivity index (χ0v) is 19.5. The first-order chi connectivity index (χ1) is 16.1. The Morgan fingerprint density at radius 1 is 0.788 bits per heavy atom. The Morgan fingerprint density at radius 3 is 2.24 bits per heavy atom. The fourth-order valence-electron chi connectivity index (χ4n) is 4.42. The van der Waals surface area contributed by atoms with Gasteiger partial charge in [0.25, 0.3) is 0 Å². The first-order valence-corrected chi connectivity index (χ1v) is 11.5. The first-order valence-electron chi connectivity index (χ1n) is 11.5. The fraction of sp³-hybridized carbons (Fsp3) is 0.241. The summed E-state index contributed by atoms with van der Waals surface area (Å²) in [7, 11) is 2.09. The van der Waals surface area contributed by atoms with Gasteiger partial charge in [-0.1, -0.05) is 66.7 Å². The van der Waals surface area contributed by atoms with Crippen LogP contribution in [0.25, 0.3) is 10.8 Å². The van der Waals surface area contributed by atoms with E-state index in [1.807, 2.05) is 56.3 Å². The van der Waals surface area contributed by atoms with Crippen LogP contribution in [0.1, 0.15) is 36.6 Å². The van der Waals surface area contributed by atoms with Crippen molar-refractivity contribution in [3.05, 3.63) is 102 Å². The van der Waals surface area contributed by atoms with Gasteiger partial charge in [-0.15, -0.1) is 0 Å². The van der Waals surface area contributed by atoms with E-state index in [9.17, 15) is 5.11 Å². The van der Waals surface area contributed by atoms with Crippen LogP contribution < -0.4 is 9.47 Å². The molecule has 170 valence electrons. The molecule has 0 unspecified atom stereocenters. The molecular weight excluding hydrogens is 410 g/mol. The molecule has 0 saturated carbocycles. The molecule has 33 heavy (non-hydrogen) atoms. The van der Waals surface area contributed by atoms with Gasteiger partial charge in [0.2, 0.25) is 0 Å². The summed E-state index contributed by atoms with van der Waals surface area (Å²) in [4.78, 5) is 2.27. The van der Waals surface area contributed by atoms with Gasteiger partial charge in [0, 0.05) is 12.1 Å². The zero-order valence-electron chi connectivity index (χ0n) is 19.5. The van der Waals surface area contributed by atoms with E-state index in [-0.39, 0.29) is 6.04 Å². The average molecular weight is 442 g/mol. The maximum absolute atomic E-state index is 11.0. The third kappa shape index (κ3) is 4.96. The Bertz CT molecular complexity index is 1210. The summed E-state index contributed by atoms with van der Waals surface area (Å²) < 4.78 is 11.6. The predicted octanol–water partition coefficient (Wildman–Crippen LogP) is 6.56. The van der Waals surface area contributed by atoms with Crippen molar-refractivity contribution in [2.24, 2.45) is 0 Å². The van der Waals surface area contributed by atoms with Gasteiger partial charge < -0.3 is 14.6 Å². The fourth-order valence-corrected chi connectivity index (χ4v) is 4.42. The molecule has 0 aliphatic carbocycles. The maximum Gasteiger partial charge on any atom is 0.161 e. The minimum atomic E-state index is -0.126. The summed E-state index contributed by atoms with van der Waals surface area (Å²) in [5.74, 6) is 1.82. The van der Waals surface area contributed by atoms with Crippen molar-refractivity contribution in [2.75, 3.05) is 20.3 Å². The number of benzene rings is 4. The second-order valence-corrected chi connectivity index (χ2v) is 8.09. The van der Waals surface area contributed by atoms with E-state index in [1.165, 1.54) is 0 Å². The Kier molecular flexibility index (Phi) is 7.16. The summed E-state index contributed by atoms with van der Waals surface area (Å²) in [6.07, 6.45) is 0. The van der Waals surface area contributed by atoms with Crippen molar-refractivity contribution in [1.82, 2.24) is 4.90 Å². The van der Waals surface area contributed by atoms with Gasteiger partial charge >= 0.3 is 0 Å². The van der Waals surface area contributed by atoms with E-state index in [2.05, 4.69) is 48.3 Å². The lowest BCUT2D eigenvalue weighted by Gasteiger charge is -2.31. The number of fused-ring (bicyclic) bond motifs is 1. The Hall–Kier alpha value is -3.50. The molecule has 4 aromatic rings. The lowest BCUT2D eigenvalue weighted by atomic mass is 9.91. The van der Waals surface area contributed by atoms with E-state index in [0.29, 0.717) is 25.5 Å². The summed E-state index contributed by atoms with van der Waals surface area (Å²) in [6, 6.07) is 28.3. The van der Waals surface area contributed by atoms with Crippen molar-refractivity contribution in [2.45, 2.75) is 26.4 Å². The summed E-state index contributed by atoms with van der Waals surface area (Å²) in [5, 5.41) is 13.2. The molecule has 0 amide bonds. The molecule has 4 heteroatoms. The van der Waals surface area contributed by atoms with E-state index in [4.69, 9.17) is 9.47 Å². The molecule has 1 atom stereocenters. The predicted molar refractivity (Wildman–Crippen MR) is 134 cm³/mol. The topological polar surface area (TPSA) is 41.9 Å². The Labute approximate surface area is 196 Å². The number of phenols is 1. The number of hydrogen-bond acceptors (Lipinski definition) is 4. The molecule has 0 heterocycles. The van der Waals surface area contributed by atoms with Crippen molar-refractivity contribution in [3.63, 3.8) is 0 Å². The molecule has 4 aromatic carbocycles. The van der Waals surface area contributed by atoms with Crippen molar-refractivity contribution in [3.8, 4) is 17.2 Å². The summed E-state index contributed by atoms with van der Waals surface area (Å²) in [5.41, 5.74) is 3.16. The highest BCUT2D eigenvalue weighted by atomic mass is 16.5. The van der Waals surface area contributed by atoms with Crippen molar-refractivity contribution < 1.29 is 14.6 Å². The normalized spacial score (nSPS) is 12.1. The monoisotopic (exact) mass is 441 g/mol. The molecule has 0 aliphatic rings. The zero-order chi connectivity index (χ0) is 23.2. The minimum absolute atomic E-state index is 0.126. The molecule has 0 aliphatic heterocycles. The van der Waals surface area contributed by atoms with Gasteiger partial charge in [-0.2, -0.15) is 0 Å². The lowest BCUT2D eigenvalue weighted by molar-refractivity contribution is 0.263. The molecule has 1 N–H and O–H groups in total. The number of nitrogens with zero attached hydrogens (tertiary/aromatic N) is 1. The second-order valence-electron chi connectivity index (χ2n) is 8.09. The van der Waals surface area contributed by atoms with E-state index >= 15 is 0 Å². The minimum Gasteiger partial charge on any atom is -0.508 e. The third-order valence-corrected chi connectivity index (χ3v) is 5.82. The standard InChI is InChI=1S/C29H31NO3/c1-4-32-26-18-15-21(19-27(26)33-5-2)20-30(3)29(23-12-7-6-8-13-23)28-24-14-10-9-11-22(24)16-17-25(28)31/h6-19,29,31H,4-5,20H2,1-3H3/t29-/m0/s1. The van der Waals surface area contributed by atoms with E-state index in [1.54, 1.807) is 6.07 Å². The van der Waals surface area contributed by atoms with Crippen LogP contribution in [0.15, 0.2) is 84.9 Å². The van der Waals surface area contributed by atoms with Crippen LogP contribution in [-0.4, -0.2) is 30.3 Å². The maximum atomic E-state index is 11.0. The van der Waals surface area contributed by atoms with Crippen molar-refractivity contribution in [1.29, 1.82) is 0 Å². The van der Waals surface area contributed by atoms with Crippen LogP contribution in [0.3, 0.4) is 0 Å². The number of ether oxygens (including phenoxy) is 2. The number of hydrogen-bond donors (Lipinski definition) is 1. The van der Waals surface area contributed by atoms with E-state index < -0.39 is 0 Å². The highest BCUT2D eigenvalue weighted by Gasteiger charge is 2.25. The van der Waals surface area contributed by atoms with Gasteiger partial charge in [-0.05, 0) is 61.0 Å². The van der Waals surface area contributed by atoms with Crippen molar-refractivity contribution >= 4 is 10.8 Å².